The Bertz CT molecular complexity index is 602. The fourth-order valence-electron chi connectivity index (χ4n) is 1.36. The molecule has 0 fully saturated rings. The maximum atomic E-state index is 11.8. The molecule has 0 bridgehead atoms. The van der Waals surface area contributed by atoms with Crippen molar-refractivity contribution in [2.75, 3.05) is 0 Å². The van der Waals surface area contributed by atoms with E-state index >= 15 is 0 Å². The maximum absolute atomic E-state index is 11.8. The summed E-state index contributed by atoms with van der Waals surface area (Å²) in [5.74, 6) is -0.601. The van der Waals surface area contributed by atoms with Crippen LogP contribution in [0, 0.1) is 0 Å². The fourth-order valence-corrected chi connectivity index (χ4v) is 1.95. The van der Waals surface area contributed by atoms with Crippen molar-refractivity contribution in [2.45, 2.75) is 6.61 Å². The third kappa shape index (κ3) is 3.93. The first-order chi connectivity index (χ1) is 9.06. The molecule has 0 unspecified atom stereocenters. The zero-order chi connectivity index (χ0) is 13.8. The van der Waals surface area contributed by atoms with E-state index in [2.05, 4.69) is 20.9 Å². The number of nitrogens with zero attached hydrogens (tertiary/aromatic N) is 1. The Labute approximate surface area is 128 Å². The van der Waals surface area contributed by atoms with E-state index in [0.717, 1.165) is 10.0 Å². The first kappa shape index (κ1) is 14.3. The minimum absolute atomic E-state index is 0.0197. The lowest BCUT2D eigenvalue weighted by Gasteiger charge is -2.06. The smallest absolute Gasteiger partial charge is 0.358 e. The van der Waals surface area contributed by atoms with Gasteiger partial charge in [0.15, 0.2) is 5.69 Å². The lowest BCUT2D eigenvalue weighted by atomic mass is 10.2. The molecule has 1 aromatic carbocycles. The summed E-state index contributed by atoms with van der Waals surface area (Å²) < 4.78 is 6.09. The highest BCUT2D eigenvalue weighted by Crippen LogP contribution is 2.18. The maximum Gasteiger partial charge on any atom is 0.358 e. The molecule has 98 valence electrons. The molecule has 2 aromatic rings. The third-order valence-electron chi connectivity index (χ3n) is 2.29. The first-order valence-corrected chi connectivity index (χ1v) is 6.85. The third-order valence-corrected chi connectivity index (χ3v) is 3.33. The molecule has 0 spiro atoms. The van der Waals surface area contributed by atoms with Crippen LogP contribution in [0.5, 0.6) is 0 Å². The second-order valence-electron chi connectivity index (χ2n) is 3.67. The standard InChI is InChI=1S/C13H8BrCl2NO2/c14-9-3-1-8(2-4-9)7-19-13(18)12-10(15)5-6-11(16)17-12/h1-6H,7H2. The molecule has 0 N–H and O–H groups in total. The van der Waals surface area contributed by atoms with Crippen LogP contribution in [-0.2, 0) is 11.3 Å². The average molecular weight is 361 g/mol. The molecule has 19 heavy (non-hydrogen) atoms. The Balaban J connectivity index is 2.05. The molecule has 0 atom stereocenters. The van der Waals surface area contributed by atoms with E-state index in [1.165, 1.54) is 12.1 Å². The van der Waals surface area contributed by atoms with E-state index in [4.69, 9.17) is 27.9 Å². The van der Waals surface area contributed by atoms with Gasteiger partial charge in [0, 0.05) is 4.47 Å². The molecule has 0 aliphatic heterocycles. The number of ether oxygens (including phenoxy) is 1. The minimum Gasteiger partial charge on any atom is -0.456 e. The van der Waals surface area contributed by atoms with Crippen molar-refractivity contribution >= 4 is 45.1 Å². The Morgan fingerprint density at radius 2 is 1.84 bits per heavy atom. The van der Waals surface area contributed by atoms with Gasteiger partial charge in [-0.05, 0) is 29.8 Å². The van der Waals surface area contributed by atoms with Crippen LogP contribution in [0.3, 0.4) is 0 Å². The molecule has 0 aliphatic carbocycles. The number of esters is 1. The number of halogens is 3. The normalized spacial score (nSPS) is 10.3. The molecular formula is C13H8BrCl2NO2. The summed E-state index contributed by atoms with van der Waals surface area (Å²) >= 11 is 14.9. The lowest BCUT2D eigenvalue weighted by molar-refractivity contribution is 0.0466. The van der Waals surface area contributed by atoms with Crippen molar-refractivity contribution in [1.82, 2.24) is 4.98 Å². The van der Waals surface area contributed by atoms with E-state index in [0.29, 0.717) is 0 Å². The van der Waals surface area contributed by atoms with Gasteiger partial charge in [-0.1, -0.05) is 51.3 Å². The quantitative estimate of drug-likeness (QED) is 0.597. The summed E-state index contributed by atoms with van der Waals surface area (Å²) in [4.78, 5) is 15.7. The molecule has 0 amide bonds. The number of carbonyl (C=O) groups excluding carboxylic acids is 1. The predicted molar refractivity (Wildman–Crippen MR) is 77.5 cm³/mol. The molecule has 1 heterocycles. The lowest BCUT2D eigenvalue weighted by Crippen LogP contribution is -2.08. The number of benzene rings is 1. The minimum atomic E-state index is -0.601. The van der Waals surface area contributed by atoms with E-state index in [1.54, 1.807) is 0 Å². The van der Waals surface area contributed by atoms with E-state index in [-0.39, 0.29) is 22.5 Å². The average Bonchev–Trinajstić information content (AvgIpc) is 2.40. The summed E-state index contributed by atoms with van der Waals surface area (Å²) in [6.07, 6.45) is 0. The van der Waals surface area contributed by atoms with Crippen LogP contribution in [-0.4, -0.2) is 11.0 Å². The van der Waals surface area contributed by atoms with Crippen molar-refractivity contribution in [1.29, 1.82) is 0 Å². The second-order valence-corrected chi connectivity index (χ2v) is 5.38. The molecule has 0 saturated carbocycles. The Morgan fingerprint density at radius 1 is 1.16 bits per heavy atom. The zero-order valence-electron chi connectivity index (χ0n) is 9.57. The summed E-state index contributed by atoms with van der Waals surface area (Å²) in [7, 11) is 0. The van der Waals surface area contributed by atoms with Gasteiger partial charge >= 0.3 is 5.97 Å². The highest BCUT2D eigenvalue weighted by atomic mass is 79.9. The van der Waals surface area contributed by atoms with E-state index in [1.807, 2.05) is 24.3 Å². The highest BCUT2D eigenvalue weighted by Gasteiger charge is 2.14. The van der Waals surface area contributed by atoms with Gasteiger partial charge < -0.3 is 4.74 Å². The van der Waals surface area contributed by atoms with Crippen LogP contribution >= 0.6 is 39.1 Å². The van der Waals surface area contributed by atoms with Gasteiger partial charge in [0.05, 0.1) is 5.02 Å². The molecule has 3 nitrogen and oxygen atoms in total. The largest absolute Gasteiger partial charge is 0.456 e. The summed E-state index contributed by atoms with van der Waals surface area (Å²) in [6.45, 7) is 0.149. The summed E-state index contributed by atoms with van der Waals surface area (Å²) in [5.41, 5.74) is 0.890. The molecule has 0 aliphatic rings. The number of rotatable bonds is 3. The molecule has 0 saturated heterocycles. The van der Waals surface area contributed by atoms with Crippen molar-refractivity contribution in [3.05, 3.63) is 62.3 Å². The number of pyridine rings is 1. The van der Waals surface area contributed by atoms with Crippen molar-refractivity contribution in [3.8, 4) is 0 Å². The van der Waals surface area contributed by atoms with Crippen LogP contribution in [0.1, 0.15) is 16.1 Å². The molecule has 2 rings (SSSR count). The second kappa shape index (κ2) is 6.37. The van der Waals surface area contributed by atoms with Crippen molar-refractivity contribution < 1.29 is 9.53 Å². The van der Waals surface area contributed by atoms with Gasteiger partial charge in [-0.25, -0.2) is 9.78 Å². The van der Waals surface area contributed by atoms with Gasteiger partial charge in [0.1, 0.15) is 11.8 Å². The molecule has 6 heteroatoms. The summed E-state index contributed by atoms with van der Waals surface area (Å²) in [5, 5.41) is 0.408. The van der Waals surface area contributed by atoms with Crippen LogP contribution < -0.4 is 0 Å². The topological polar surface area (TPSA) is 39.2 Å². The van der Waals surface area contributed by atoms with Crippen LogP contribution in [0.15, 0.2) is 40.9 Å². The molecule has 0 radical (unpaired) electrons. The Hall–Kier alpha value is -1.10. The van der Waals surface area contributed by atoms with Gasteiger partial charge in [-0.2, -0.15) is 0 Å². The molecule has 1 aromatic heterocycles. The number of hydrogen-bond acceptors (Lipinski definition) is 3. The van der Waals surface area contributed by atoms with Crippen LogP contribution in [0.4, 0.5) is 0 Å². The Kier molecular flexibility index (Phi) is 4.80. The van der Waals surface area contributed by atoms with E-state index in [9.17, 15) is 4.79 Å². The van der Waals surface area contributed by atoms with Gasteiger partial charge in [0.2, 0.25) is 0 Å². The zero-order valence-corrected chi connectivity index (χ0v) is 12.7. The van der Waals surface area contributed by atoms with Gasteiger partial charge in [0.25, 0.3) is 0 Å². The summed E-state index contributed by atoms with van der Waals surface area (Å²) in [6, 6.07) is 10.5. The van der Waals surface area contributed by atoms with Crippen LogP contribution in [0.25, 0.3) is 0 Å². The predicted octanol–water partition coefficient (Wildman–Crippen LogP) is 4.51. The van der Waals surface area contributed by atoms with Crippen molar-refractivity contribution in [2.24, 2.45) is 0 Å². The highest BCUT2D eigenvalue weighted by molar-refractivity contribution is 9.10. The van der Waals surface area contributed by atoms with Gasteiger partial charge in [-0.3, -0.25) is 0 Å². The first-order valence-electron chi connectivity index (χ1n) is 5.30. The van der Waals surface area contributed by atoms with Gasteiger partial charge in [-0.15, -0.1) is 0 Å². The number of aromatic nitrogens is 1. The van der Waals surface area contributed by atoms with E-state index < -0.39 is 5.97 Å². The molecular weight excluding hydrogens is 353 g/mol. The fraction of sp³-hybridized carbons (Fsp3) is 0.0769. The SMILES string of the molecule is O=C(OCc1ccc(Br)cc1)c1nc(Cl)ccc1Cl. The Morgan fingerprint density at radius 3 is 2.53 bits per heavy atom. The van der Waals surface area contributed by atoms with Crippen molar-refractivity contribution in [3.63, 3.8) is 0 Å². The number of carbonyl (C=O) groups is 1. The number of hydrogen-bond donors (Lipinski definition) is 0. The monoisotopic (exact) mass is 359 g/mol. The van der Waals surface area contributed by atoms with Crippen LogP contribution in [0.2, 0.25) is 10.2 Å².